The standard InChI is InChI=1S/C66H54Br2O10/c1-69-51-19-7-45(8-20-51)63(46-9-21-52(70-2)22-10-46,47-11-23-53(71-3)24-12-47)33-31-43-39-59-57(41-61(43)67)58-42-62(68)44(40-60(58)66-65(59,75-35-37-77-66)76-36-38-78-66)32-34-64(48-13-25-54(72-4)26-14-48,49-15-27-55(73-5)28-16-49)50-17-29-56(74-6)30-18-50/h7-30,39-42H,35-38H2,1-6H3. The molecule has 11 rings (SSSR count). The first kappa shape index (κ1) is 52.5. The van der Waals surface area contributed by atoms with Crippen LogP contribution >= 0.6 is 31.9 Å². The average Bonchev–Trinajstić information content (AvgIpc) is 2.74. The number of ether oxygens (including phenoxy) is 10. The molecule has 0 amide bonds. The van der Waals surface area contributed by atoms with Crippen molar-refractivity contribution >= 4 is 31.9 Å². The van der Waals surface area contributed by atoms with Gasteiger partial charge in [0.15, 0.2) is 0 Å². The molecule has 0 bridgehead atoms. The van der Waals surface area contributed by atoms with E-state index in [9.17, 15) is 0 Å². The summed E-state index contributed by atoms with van der Waals surface area (Å²) in [5.74, 6) is 16.3. The molecule has 0 N–H and O–H groups in total. The molecule has 78 heavy (non-hydrogen) atoms. The lowest BCUT2D eigenvalue weighted by Crippen LogP contribution is -2.64. The molecule has 8 aromatic carbocycles. The summed E-state index contributed by atoms with van der Waals surface area (Å²) in [4.78, 5) is 0. The lowest BCUT2D eigenvalue weighted by Gasteiger charge is -2.56. The van der Waals surface area contributed by atoms with Crippen LogP contribution in [0, 0.1) is 23.7 Å². The van der Waals surface area contributed by atoms with Gasteiger partial charge in [-0.15, -0.1) is 0 Å². The predicted octanol–water partition coefficient (Wildman–Crippen LogP) is 13.1. The zero-order valence-corrected chi connectivity index (χ0v) is 47.0. The molecule has 0 spiro atoms. The van der Waals surface area contributed by atoms with Gasteiger partial charge in [0.1, 0.15) is 45.3 Å². The van der Waals surface area contributed by atoms with Gasteiger partial charge in [0.05, 0.1) is 69.1 Å². The predicted molar refractivity (Wildman–Crippen MR) is 306 cm³/mol. The molecule has 2 heterocycles. The van der Waals surface area contributed by atoms with Crippen molar-refractivity contribution in [1.82, 2.24) is 0 Å². The fourth-order valence-corrected chi connectivity index (χ4v) is 11.9. The molecule has 2 aliphatic heterocycles. The highest BCUT2D eigenvalue weighted by Crippen LogP contribution is 2.60. The Morgan fingerprint density at radius 2 is 0.564 bits per heavy atom. The van der Waals surface area contributed by atoms with Gasteiger partial charge in [-0.3, -0.25) is 0 Å². The summed E-state index contributed by atoms with van der Waals surface area (Å²) in [6.07, 6.45) is 0. The maximum Gasteiger partial charge on any atom is 0.256 e. The van der Waals surface area contributed by atoms with Gasteiger partial charge >= 0.3 is 0 Å². The summed E-state index contributed by atoms with van der Waals surface area (Å²) in [6.45, 7) is 1.01. The van der Waals surface area contributed by atoms with Crippen LogP contribution < -0.4 is 28.4 Å². The van der Waals surface area contributed by atoms with Gasteiger partial charge in [-0.2, -0.15) is 0 Å². The van der Waals surface area contributed by atoms with E-state index in [1.165, 1.54) is 0 Å². The van der Waals surface area contributed by atoms with Crippen LogP contribution in [-0.2, 0) is 41.4 Å². The Kier molecular flexibility index (Phi) is 14.6. The molecule has 0 aromatic heterocycles. The van der Waals surface area contributed by atoms with Crippen molar-refractivity contribution in [2.24, 2.45) is 0 Å². The van der Waals surface area contributed by atoms with Gasteiger partial charge in [0.25, 0.3) is 11.6 Å². The minimum atomic E-state index is -1.53. The largest absolute Gasteiger partial charge is 0.497 e. The van der Waals surface area contributed by atoms with Crippen molar-refractivity contribution < 1.29 is 47.4 Å². The van der Waals surface area contributed by atoms with Crippen LogP contribution in [-0.4, -0.2) is 69.1 Å². The number of methoxy groups -OCH3 is 6. The quantitative estimate of drug-likeness (QED) is 0.0870. The Bertz CT molecular complexity index is 3130. The monoisotopic (exact) mass is 1160 g/mol. The van der Waals surface area contributed by atoms with E-state index in [0.29, 0.717) is 22.3 Å². The van der Waals surface area contributed by atoms with Crippen LogP contribution in [0.4, 0.5) is 0 Å². The van der Waals surface area contributed by atoms with Crippen molar-refractivity contribution in [2.45, 2.75) is 22.4 Å². The van der Waals surface area contributed by atoms with E-state index in [1.807, 2.05) is 84.9 Å². The Hall–Kier alpha value is -7.52. The smallest absolute Gasteiger partial charge is 0.256 e. The minimum absolute atomic E-state index is 0.254. The summed E-state index contributed by atoms with van der Waals surface area (Å²) in [5, 5.41) is 0. The van der Waals surface area contributed by atoms with Crippen LogP contribution in [0.1, 0.15) is 55.6 Å². The first-order valence-electron chi connectivity index (χ1n) is 25.3. The van der Waals surface area contributed by atoms with E-state index in [4.69, 9.17) is 47.4 Å². The number of hydrogen-bond acceptors (Lipinski definition) is 10. The maximum absolute atomic E-state index is 6.93. The molecule has 10 nitrogen and oxygen atoms in total. The third-order valence-corrected chi connectivity index (χ3v) is 16.3. The Balaban J connectivity index is 1.12. The fraction of sp³-hybridized carbons (Fsp3) is 0.212. The molecule has 0 unspecified atom stereocenters. The first-order valence-corrected chi connectivity index (χ1v) is 26.8. The summed E-state index contributed by atoms with van der Waals surface area (Å²) in [6, 6.07) is 56.4. The summed E-state index contributed by atoms with van der Waals surface area (Å²) in [5.41, 5.74) is 8.09. The molecule has 3 aliphatic rings. The number of hydrogen-bond donors (Lipinski definition) is 0. The highest BCUT2D eigenvalue weighted by atomic mass is 79.9. The molecule has 1 aliphatic carbocycles. The second-order valence-corrected chi connectivity index (χ2v) is 20.5. The topological polar surface area (TPSA) is 92.3 Å². The SMILES string of the molecule is COc1ccc(C(C#Cc2cc3c(cc2Br)-c2cc(Br)c(C#CC(c4ccc(OC)cc4)(c4ccc(OC)cc4)c4ccc(OC)cc4)cc2C24OCCOC32OCCO4)(c2ccc(OC)cc2)c2ccc(OC)cc2)cc1. The molecule has 0 saturated carbocycles. The van der Waals surface area contributed by atoms with E-state index in [2.05, 4.69) is 140 Å². The van der Waals surface area contributed by atoms with E-state index in [1.54, 1.807) is 42.7 Å². The normalized spacial score (nSPS) is 17.2. The van der Waals surface area contributed by atoms with E-state index in [-0.39, 0.29) is 26.4 Å². The van der Waals surface area contributed by atoms with Gasteiger partial charge < -0.3 is 47.4 Å². The second kappa shape index (κ2) is 21.7. The molecule has 0 atom stereocenters. The van der Waals surface area contributed by atoms with Crippen LogP contribution in [0.2, 0.25) is 0 Å². The van der Waals surface area contributed by atoms with Gasteiger partial charge in [-0.1, -0.05) is 96.5 Å². The molecule has 2 fully saturated rings. The molecule has 0 radical (unpaired) electrons. The summed E-state index contributed by atoms with van der Waals surface area (Å²) >= 11 is 8.02. The van der Waals surface area contributed by atoms with Crippen molar-refractivity contribution in [3.05, 3.63) is 234 Å². The van der Waals surface area contributed by atoms with Gasteiger partial charge in [0.2, 0.25) is 0 Å². The average molecular weight is 1170 g/mol. The van der Waals surface area contributed by atoms with Crippen LogP contribution in [0.3, 0.4) is 0 Å². The van der Waals surface area contributed by atoms with Gasteiger partial charge in [0, 0.05) is 31.2 Å². The maximum atomic E-state index is 6.93. The van der Waals surface area contributed by atoms with E-state index in [0.717, 1.165) is 88.0 Å². The third kappa shape index (κ3) is 8.87. The Morgan fingerprint density at radius 1 is 0.346 bits per heavy atom. The van der Waals surface area contributed by atoms with E-state index >= 15 is 0 Å². The van der Waals surface area contributed by atoms with Gasteiger partial charge in [-0.25, -0.2) is 0 Å². The number of fused-ring (bicyclic) bond motifs is 3. The van der Waals surface area contributed by atoms with Crippen molar-refractivity contribution in [1.29, 1.82) is 0 Å². The van der Waals surface area contributed by atoms with Crippen LogP contribution in [0.25, 0.3) is 11.1 Å². The number of halogens is 2. The molecular weight excluding hydrogens is 1110 g/mol. The van der Waals surface area contributed by atoms with E-state index < -0.39 is 22.4 Å². The highest BCUT2D eigenvalue weighted by molar-refractivity contribution is 9.10. The minimum Gasteiger partial charge on any atom is -0.497 e. The van der Waals surface area contributed by atoms with Crippen molar-refractivity contribution in [3.8, 4) is 69.3 Å². The molecule has 2 saturated heterocycles. The second-order valence-electron chi connectivity index (χ2n) is 18.8. The fourth-order valence-electron chi connectivity index (χ4n) is 11.0. The molecular formula is C66H54Br2O10. The lowest BCUT2D eigenvalue weighted by atomic mass is 9.69. The zero-order valence-electron chi connectivity index (χ0n) is 43.8. The van der Waals surface area contributed by atoms with Crippen LogP contribution in [0.15, 0.2) is 179 Å². The number of rotatable bonds is 12. The molecule has 12 heteroatoms. The molecule has 392 valence electrons. The van der Waals surface area contributed by atoms with Gasteiger partial charge in [-0.05, 0) is 173 Å². The first-order chi connectivity index (χ1) is 38.1. The van der Waals surface area contributed by atoms with Crippen molar-refractivity contribution in [2.75, 3.05) is 69.1 Å². The Labute approximate surface area is 471 Å². The Morgan fingerprint density at radius 3 is 0.769 bits per heavy atom. The van der Waals surface area contributed by atoms with Crippen LogP contribution in [0.5, 0.6) is 34.5 Å². The lowest BCUT2D eigenvalue weighted by molar-refractivity contribution is -0.483. The van der Waals surface area contributed by atoms with Crippen molar-refractivity contribution in [3.63, 3.8) is 0 Å². The number of benzene rings is 8. The third-order valence-electron chi connectivity index (χ3n) is 14.9. The highest BCUT2D eigenvalue weighted by Gasteiger charge is 2.66. The molecule has 8 aromatic rings. The summed E-state index contributed by atoms with van der Waals surface area (Å²) < 4.78 is 63.0. The summed E-state index contributed by atoms with van der Waals surface area (Å²) in [7, 11) is 9.96. The zero-order chi connectivity index (χ0) is 54.1.